The Labute approximate surface area is 163 Å². The molecule has 1 amide bonds. The monoisotopic (exact) mass is 433 g/mol. The van der Waals surface area contributed by atoms with Gasteiger partial charge in [-0.1, -0.05) is 29.8 Å². The second-order valence-electron chi connectivity index (χ2n) is 5.65. The number of nitrogens with one attached hydrogen (secondary N) is 1. The lowest BCUT2D eigenvalue weighted by atomic mass is 10.0. The molecule has 0 saturated heterocycles. The van der Waals surface area contributed by atoms with E-state index >= 15 is 0 Å². The molecule has 0 spiro atoms. The first kappa shape index (κ1) is 18.4. The molecule has 0 aliphatic carbocycles. The van der Waals surface area contributed by atoms with E-state index in [9.17, 15) is 9.59 Å². The van der Waals surface area contributed by atoms with Gasteiger partial charge in [0.1, 0.15) is 10.6 Å². The highest BCUT2D eigenvalue weighted by Gasteiger charge is 2.26. The van der Waals surface area contributed by atoms with Crippen LogP contribution in [0.25, 0.3) is 11.1 Å². The van der Waals surface area contributed by atoms with Crippen LogP contribution in [0.4, 0.5) is 5.00 Å². The average molecular weight is 434 g/mol. The highest BCUT2D eigenvalue weighted by atomic mass is 79.9. The van der Waals surface area contributed by atoms with E-state index in [-0.39, 0.29) is 5.76 Å². The van der Waals surface area contributed by atoms with Gasteiger partial charge < -0.3 is 14.5 Å². The molecule has 3 rings (SSSR count). The molecule has 1 aromatic carbocycles. The predicted octanol–water partition coefficient (Wildman–Crippen LogP) is 5.43. The largest absolute Gasteiger partial charge is 0.465 e. The van der Waals surface area contributed by atoms with Gasteiger partial charge in [-0.15, -0.1) is 11.3 Å². The maximum absolute atomic E-state index is 12.4. The van der Waals surface area contributed by atoms with Crippen molar-refractivity contribution >= 4 is 44.1 Å². The van der Waals surface area contributed by atoms with Gasteiger partial charge in [-0.3, -0.25) is 4.79 Å². The summed E-state index contributed by atoms with van der Waals surface area (Å²) in [5.41, 5.74) is 3.12. The van der Waals surface area contributed by atoms with Crippen LogP contribution in [0.15, 0.2) is 45.5 Å². The third kappa shape index (κ3) is 3.59. The smallest absolute Gasteiger partial charge is 0.341 e. The van der Waals surface area contributed by atoms with Crippen molar-refractivity contribution in [2.45, 2.75) is 13.8 Å². The molecule has 2 heterocycles. The lowest BCUT2D eigenvalue weighted by Crippen LogP contribution is -2.13. The third-order valence-corrected chi connectivity index (χ3v) is 5.28. The van der Waals surface area contributed by atoms with Crippen molar-refractivity contribution in [2.24, 2.45) is 0 Å². The summed E-state index contributed by atoms with van der Waals surface area (Å²) in [4.78, 5) is 25.8. The molecule has 2 aromatic heterocycles. The SMILES string of the molecule is COC(=O)c1c(NC(=O)c2ccc(Br)o2)sc(C)c1-c1ccc(C)cc1. The summed E-state index contributed by atoms with van der Waals surface area (Å²) < 4.78 is 10.7. The highest BCUT2D eigenvalue weighted by molar-refractivity contribution is 9.10. The lowest BCUT2D eigenvalue weighted by Gasteiger charge is -2.08. The van der Waals surface area contributed by atoms with Gasteiger partial charge in [0.05, 0.1) is 7.11 Å². The standard InChI is InChI=1S/C19H16BrNO4S/c1-10-4-6-12(7-5-10)15-11(2)26-18(16(15)19(23)24-3)21-17(22)13-8-9-14(20)25-13/h4-9H,1-3H3,(H,21,22). The number of amides is 1. The molecule has 0 aliphatic rings. The first-order chi connectivity index (χ1) is 12.4. The first-order valence-electron chi connectivity index (χ1n) is 7.76. The Kier molecular flexibility index (Phi) is 5.29. The van der Waals surface area contributed by atoms with Gasteiger partial charge in [-0.25, -0.2) is 4.79 Å². The number of halogens is 1. The molecular formula is C19H16BrNO4S. The van der Waals surface area contributed by atoms with E-state index < -0.39 is 11.9 Å². The molecule has 26 heavy (non-hydrogen) atoms. The number of ether oxygens (including phenoxy) is 1. The van der Waals surface area contributed by atoms with Crippen LogP contribution < -0.4 is 5.32 Å². The van der Waals surface area contributed by atoms with E-state index in [4.69, 9.17) is 9.15 Å². The molecule has 134 valence electrons. The maximum atomic E-state index is 12.4. The maximum Gasteiger partial charge on any atom is 0.341 e. The average Bonchev–Trinajstić information content (AvgIpc) is 3.18. The van der Waals surface area contributed by atoms with Crippen LogP contribution in [0.1, 0.15) is 31.4 Å². The van der Waals surface area contributed by atoms with Crippen molar-refractivity contribution in [1.82, 2.24) is 0 Å². The van der Waals surface area contributed by atoms with E-state index in [1.165, 1.54) is 18.4 Å². The van der Waals surface area contributed by atoms with E-state index in [0.717, 1.165) is 21.6 Å². The zero-order valence-electron chi connectivity index (χ0n) is 14.4. The molecule has 7 heteroatoms. The number of aryl methyl sites for hydroxylation is 2. The van der Waals surface area contributed by atoms with Crippen molar-refractivity contribution in [1.29, 1.82) is 0 Å². The molecule has 0 aliphatic heterocycles. The van der Waals surface area contributed by atoms with E-state index in [1.807, 2.05) is 38.1 Å². The Morgan fingerprint density at radius 2 is 1.81 bits per heavy atom. The van der Waals surface area contributed by atoms with E-state index in [2.05, 4.69) is 21.2 Å². The molecule has 0 saturated carbocycles. The number of anilines is 1. The van der Waals surface area contributed by atoms with Crippen molar-refractivity contribution < 1.29 is 18.7 Å². The Morgan fingerprint density at radius 3 is 2.38 bits per heavy atom. The van der Waals surface area contributed by atoms with Gasteiger partial charge in [0.15, 0.2) is 10.4 Å². The minimum Gasteiger partial charge on any atom is -0.465 e. The molecule has 3 aromatic rings. The fraction of sp³-hybridized carbons (Fsp3) is 0.158. The van der Waals surface area contributed by atoms with Crippen LogP contribution >= 0.6 is 27.3 Å². The van der Waals surface area contributed by atoms with E-state index in [0.29, 0.717) is 15.2 Å². The second-order valence-corrected chi connectivity index (χ2v) is 7.66. The van der Waals surface area contributed by atoms with Gasteiger partial charge >= 0.3 is 5.97 Å². The Morgan fingerprint density at radius 1 is 1.12 bits per heavy atom. The van der Waals surface area contributed by atoms with E-state index in [1.54, 1.807) is 12.1 Å². The third-order valence-electron chi connectivity index (χ3n) is 3.84. The molecule has 0 atom stereocenters. The number of carbonyl (C=O) groups is 2. The number of furan rings is 1. The normalized spacial score (nSPS) is 10.6. The number of benzene rings is 1. The number of carbonyl (C=O) groups excluding carboxylic acids is 2. The number of hydrogen-bond donors (Lipinski definition) is 1. The Balaban J connectivity index is 2.05. The summed E-state index contributed by atoms with van der Waals surface area (Å²) in [6, 6.07) is 11.0. The van der Waals surface area contributed by atoms with Crippen LogP contribution in [0.2, 0.25) is 0 Å². The van der Waals surface area contributed by atoms with Crippen LogP contribution in [-0.4, -0.2) is 19.0 Å². The highest BCUT2D eigenvalue weighted by Crippen LogP contribution is 2.40. The lowest BCUT2D eigenvalue weighted by molar-refractivity contribution is 0.0603. The predicted molar refractivity (Wildman–Crippen MR) is 105 cm³/mol. The van der Waals surface area contributed by atoms with Crippen LogP contribution in [0.3, 0.4) is 0 Å². The summed E-state index contributed by atoms with van der Waals surface area (Å²) in [7, 11) is 1.32. The molecule has 0 radical (unpaired) electrons. The quantitative estimate of drug-likeness (QED) is 0.557. The number of thiophene rings is 1. The molecule has 0 unspecified atom stereocenters. The van der Waals surface area contributed by atoms with Gasteiger partial charge in [-0.05, 0) is 47.5 Å². The van der Waals surface area contributed by atoms with Gasteiger partial charge in [0, 0.05) is 10.4 Å². The van der Waals surface area contributed by atoms with Crippen LogP contribution in [0.5, 0.6) is 0 Å². The first-order valence-corrected chi connectivity index (χ1v) is 9.37. The summed E-state index contributed by atoms with van der Waals surface area (Å²) in [6.45, 7) is 3.91. The zero-order chi connectivity index (χ0) is 18.8. The van der Waals surface area contributed by atoms with Crippen LogP contribution in [-0.2, 0) is 4.74 Å². The van der Waals surface area contributed by atoms with Crippen molar-refractivity contribution in [3.8, 4) is 11.1 Å². The molecular weight excluding hydrogens is 418 g/mol. The summed E-state index contributed by atoms with van der Waals surface area (Å²) >= 11 is 4.50. The number of methoxy groups -OCH3 is 1. The Bertz CT molecular complexity index is 972. The molecule has 1 N–H and O–H groups in total. The number of hydrogen-bond acceptors (Lipinski definition) is 5. The molecule has 0 bridgehead atoms. The van der Waals surface area contributed by atoms with Gasteiger partial charge in [-0.2, -0.15) is 0 Å². The fourth-order valence-corrected chi connectivity index (χ4v) is 3.96. The summed E-state index contributed by atoms with van der Waals surface area (Å²) in [6.07, 6.45) is 0. The van der Waals surface area contributed by atoms with Gasteiger partial charge in [0.25, 0.3) is 5.91 Å². The van der Waals surface area contributed by atoms with Crippen molar-refractivity contribution in [2.75, 3.05) is 12.4 Å². The van der Waals surface area contributed by atoms with Gasteiger partial charge in [0.2, 0.25) is 0 Å². The van der Waals surface area contributed by atoms with Crippen molar-refractivity contribution in [3.63, 3.8) is 0 Å². The number of esters is 1. The number of rotatable bonds is 4. The van der Waals surface area contributed by atoms with Crippen molar-refractivity contribution in [3.05, 3.63) is 62.8 Å². The minimum absolute atomic E-state index is 0.149. The Hall–Kier alpha value is -2.38. The fourth-order valence-electron chi connectivity index (χ4n) is 2.60. The molecule has 0 fully saturated rings. The summed E-state index contributed by atoms with van der Waals surface area (Å²) in [5, 5.41) is 3.19. The molecule has 5 nitrogen and oxygen atoms in total. The summed E-state index contributed by atoms with van der Waals surface area (Å²) in [5.74, 6) is -0.783. The second kappa shape index (κ2) is 7.47. The van der Waals surface area contributed by atoms with Crippen LogP contribution in [0, 0.1) is 13.8 Å². The minimum atomic E-state index is -0.499. The topological polar surface area (TPSA) is 68.5 Å². The zero-order valence-corrected chi connectivity index (χ0v) is 16.8.